The number of amides is 1. The maximum absolute atomic E-state index is 13.6. The molecule has 0 unspecified atom stereocenters. The molecule has 1 saturated carbocycles. The SMILES string of the molecule is O=C(NO)c1ccc(Cn2nc(-c3ccc4c(c3)nnn4C3CC3)cc2-c2ccc(F)cc2)cc1. The molecule has 1 fully saturated rings. The lowest BCUT2D eigenvalue weighted by molar-refractivity contribution is 0.0706. The maximum atomic E-state index is 13.6. The van der Waals surface area contributed by atoms with Crippen LogP contribution in [0.1, 0.15) is 34.8 Å². The third-order valence-corrected chi connectivity index (χ3v) is 6.23. The molecular formula is C26H21FN6O2. The summed E-state index contributed by atoms with van der Waals surface area (Å²) in [5, 5.41) is 22.4. The minimum absolute atomic E-state index is 0.304. The van der Waals surface area contributed by atoms with E-state index >= 15 is 0 Å². The van der Waals surface area contributed by atoms with Gasteiger partial charge in [-0.25, -0.2) is 14.6 Å². The minimum Gasteiger partial charge on any atom is -0.288 e. The maximum Gasteiger partial charge on any atom is 0.274 e. The van der Waals surface area contributed by atoms with Gasteiger partial charge in [-0.2, -0.15) is 5.10 Å². The Morgan fingerprint density at radius 3 is 2.46 bits per heavy atom. The van der Waals surface area contributed by atoms with E-state index in [4.69, 9.17) is 10.3 Å². The van der Waals surface area contributed by atoms with E-state index in [-0.39, 0.29) is 5.82 Å². The van der Waals surface area contributed by atoms with Crippen LogP contribution < -0.4 is 5.48 Å². The van der Waals surface area contributed by atoms with Crippen molar-refractivity contribution in [2.24, 2.45) is 0 Å². The van der Waals surface area contributed by atoms with Crippen molar-refractivity contribution < 1.29 is 14.4 Å². The molecule has 0 aliphatic heterocycles. The van der Waals surface area contributed by atoms with E-state index in [2.05, 4.69) is 10.3 Å². The molecular weight excluding hydrogens is 447 g/mol. The molecule has 0 radical (unpaired) electrons. The number of hydrogen-bond donors (Lipinski definition) is 2. The van der Waals surface area contributed by atoms with Crippen molar-refractivity contribution in [3.63, 3.8) is 0 Å². The molecule has 0 atom stereocenters. The Kier molecular flexibility index (Phi) is 5.11. The van der Waals surface area contributed by atoms with Gasteiger partial charge in [0.2, 0.25) is 0 Å². The van der Waals surface area contributed by atoms with Crippen LogP contribution in [0, 0.1) is 5.82 Å². The molecule has 1 aliphatic rings. The van der Waals surface area contributed by atoms with Gasteiger partial charge in [0.15, 0.2) is 0 Å². The van der Waals surface area contributed by atoms with Gasteiger partial charge in [0.25, 0.3) is 5.91 Å². The van der Waals surface area contributed by atoms with Crippen molar-refractivity contribution in [1.29, 1.82) is 0 Å². The monoisotopic (exact) mass is 468 g/mol. The molecule has 174 valence electrons. The Morgan fingerprint density at radius 2 is 1.74 bits per heavy atom. The first-order valence-electron chi connectivity index (χ1n) is 11.3. The number of fused-ring (bicyclic) bond motifs is 1. The van der Waals surface area contributed by atoms with Gasteiger partial charge in [0.1, 0.15) is 11.3 Å². The average molecular weight is 468 g/mol. The number of hydrogen-bond acceptors (Lipinski definition) is 5. The molecule has 6 rings (SSSR count). The van der Waals surface area contributed by atoms with Crippen LogP contribution in [0.15, 0.2) is 72.8 Å². The molecule has 0 saturated heterocycles. The summed E-state index contributed by atoms with van der Waals surface area (Å²) in [5.41, 5.74) is 8.09. The standard InChI is InChI=1S/C26H21FN6O2/c27-20-8-5-17(6-9-20)25-14-22(19-7-12-24-23(13-19)28-31-33(24)21-10-11-21)29-32(25)15-16-1-3-18(4-2-16)26(34)30-35/h1-9,12-14,21,35H,10-11,15H2,(H,30,34). The topological polar surface area (TPSA) is 97.9 Å². The van der Waals surface area contributed by atoms with E-state index in [1.54, 1.807) is 29.7 Å². The van der Waals surface area contributed by atoms with Gasteiger partial charge in [-0.1, -0.05) is 23.4 Å². The van der Waals surface area contributed by atoms with Crippen LogP contribution in [0.25, 0.3) is 33.5 Å². The highest BCUT2D eigenvalue weighted by Gasteiger charge is 2.26. The van der Waals surface area contributed by atoms with E-state index < -0.39 is 5.91 Å². The van der Waals surface area contributed by atoms with Gasteiger partial charge in [-0.05, 0) is 73.0 Å². The smallest absolute Gasteiger partial charge is 0.274 e. The zero-order chi connectivity index (χ0) is 23.9. The van der Waals surface area contributed by atoms with Crippen LogP contribution in [0.5, 0.6) is 0 Å². The molecule has 2 heterocycles. The Labute approximate surface area is 199 Å². The third-order valence-electron chi connectivity index (χ3n) is 6.23. The zero-order valence-electron chi connectivity index (χ0n) is 18.6. The van der Waals surface area contributed by atoms with Crippen LogP contribution in [0.3, 0.4) is 0 Å². The van der Waals surface area contributed by atoms with Crippen molar-refractivity contribution in [2.45, 2.75) is 25.4 Å². The summed E-state index contributed by atoms with van der Waals surface area (Å²) >= 11 is 0. The Morgan fingerprint density at radius 1 is 1.00 bits per heavy atom. The summed E-state index contributed by atoms with van der Waals surface area (Å²) in [4.78, 5) is 11.6. The molecule has 5 aromatic rings. The lowest BCUT2D eigenvalue weighted by Crippen LogP contribution is -2.18. The fourth-order valence-corrected chi connectivity index (χ4v) is 4.22. The Hall–Kier alpha value is -4.37. The summed E-state index contributed by atoms with van der Waals surface area (Å²) in [6.45, 7) is 0.438. The number of carbonyl (C=O) groups excluding carboxylic acids is 1. The third kappa shape index (κ3) is 4.06. The van der Waals surface area contributed by atoms with Crippen LogP contribution in [-0.4, -0.2) is 35.9 Å². The second-order valence-corrected chi connectivity index (χ2v) is 8.69. The summed E-state index contributed by atoms with van der Waals surface area (Å²) in [5.74, 6) is -0.874. The van der Waals surface area contributed by atoms with E-state index in [0.29, 0.717) is 18.2 Å². The summed E-state index contributed by atoms with van der Waals surface area (Å²) in [6.07, 6.45) is 2.27. The van der Waals surface area contributed by atoms with Crippen LogP contribution >= 0.6 is 0 Å². The van der Waals surface area contributed by atoms with Crippen LogP contribution in [0.2, 0.25) is 0 Å². The highest BCUT2D eigenvalue weighted by Crippen LogP contribution is 2.37. The predicted molar refractivity (Wildman–Crippen MR) is 127 cm³/mol. The second-order valence-electron chi connectivity index (χ2n) is 8.69. The fraction of sp³-hybridized carbons (Fsp3) is 0.154. The second kappa shape index (κ2) is 8.44. The molecule has 1 amide bonds. The highest BCUT2D eigenvalue weighted by atomic mass is 19.1. The largest absolute Gasteiger partial charge is 0.288 e. The summed E-state index contributed by atoms with van der Waals surface area (Å²) in [7, 11) is 0. The van der Waals surface area contributed by atoms with Crippen molar-refractivity contribution in [3.8, 4) is 22.5 Å². The van der Waals surface area contributed by atoms with Gasteiger partial charge >= 0.3 is 0 Å². The minimum atomic E-state index is -0.570. The summed E-state index contributed by atoms with van der Waals surface area (Å²) < 4.78 is 17.4. The van der Waals surface area contributed by atoms with Crippen molar-refractivity contribution in [1.82, 2.24) is 30.3 Å². The van der Waals surface area contributed by atoms with E-state index in [0.717, 1.165) is 52.0 Å². The molecule has 0 bridgehead atoms. The molecule has 1 aliphatic carbocycles. The Bertz CT molecular complexity index is 1530. The number of carbonyl (C=O) groups is 1. The first kappa shape index (κ1) is 21.2. The molecule has 3 aromatic carbocycles. The lowest BCUT2D eigenvalue weighted by atomic mass is 10.1. The van der Waals surface area contributed by atoms with Gasteiger partial charge in [-0.15, -0.1) is 5.10 Å². The first-order chi connectivity index (χ1) is 17.1. The molecule has 9 heteroatoms. The number of nitrogens with zero attached hydrogens (tertiary/aromatic N) is 5. The lowest BCUT2D eigenvalue weighted by Gasteiger charge is -2.08. The van der Waals surface area contributed by atoms with Crippen molar-refractivity contribution >= 4 is 16.9 Å². The van der Waals surface area contributed by atoms with Crippen molar-refractivity contribution in [3.05, 3.63) is 89.7 Å². The number of rotatable bonds is 6. The molecule has 2 aromatic heterocycles. The Balaban J connectivity index is 1.38. The molecule has 2 N–H and O–H groups in total. The highest BCUT2D eigenvalue weighted by molar-refractivity contribution is 5.93. The summed E-state index contributed by atoms with van der Waals surface area (Å²) in [6, 6.07) is 21.7. The number of aromatic nitrogens is 5. The van der Waals surface area contributed by atoms with Gasteiger partial charge < -0.3 is 0 Å². The molecule has 8 nitrogen and oxygen atoms in total. The number of hydroxylamine groups is 1. The predicted octanol–water partition coefficient (Wildman–Crippen LogP) is 4.60. The molecule has 0 spiro atoms. The van der Waals surface area contributed by atoms with Crippen molar-refractivity contribution in [2.75, 3.05) is 0 Å². The van der Waals surface area contributed by atoms with Gasteiger partial charge in [-0.3, -0.25) is 14.7 Å². The number of halogens is 1. The average Bonchev–Trinajstić information content (AvgIpc) is 3.51. The van der Waals surface area contributed by atoms with Crippen LogP contribution in [-0.2, 0) is 6.54 Å². The molecule has 35 heavy (non-hydrogen) atoms. The van der Waals surface area contributed by atoms with Crippen LogP contribution in [0.4, 0.5) is 4.39 Å². The van der Waals surface area contributed by atoms with Gasteiger partial charge in [0, 0.05) is 16.7 Å². The number of nitrogens with one attached hydrogen (secondary N) is 1. The van der Waals surface area contributed by atoms with E-state index in [1.165, 1.54) is 12.1 Å². The normalized spacial score (nSPS) is 13.3. The van der Waals surface area contributed by atoms with Gasteiger partial charge in [0.05, 0.1) is 29.5 Å². The van der Waals surface area contributed by atoms with E-state index in [1.807, 2.05) is 45.8 Å². The quantitative estimate of drug-likeness (QED) is 0.280. The number of benzene rings is 3. The van der Waals surface area contributed by atoms with E-state index in [9.17, 15) is 9.18 Å². The first-order valence-corrected chi connectivity index (χ1v) is 11.3. The fourth-order valence-electron chi connectivity index (χ4n) is 4.22. The zero-order valence-corrected chi connectivity index (χ0v) is 18.6.